The Hall–Kier alpha value is -2.41. The summed E-state index contributed by atoms with van der Waals surface area (Å²) in [5.74, 6) is -0.493. The second kappa shape index (κ2) is 9.09. The van der Waals surface area contributed by atoms with Gasteiger partial charge in [0.15, 0.2) is 0 Å². The number of carbonyl (C=O) groups excluding carboxylic acids is 2. The topological polar surface area (TPSA) is 55.2 Å². The van der Waals surface area contributed by atoms with Crippen molar-refractivity contribution in [3.63, 3.8) is 0 Å². The molecule has 0 saturated carbocycles. The van der Waals surface area contributed by atoms with E-state index in [1.54, 1.807) is 24.0 Å². The van der Waals surface area contributed by atoms with Gasteiger partial charge >= 0.3 is 5.66 Å². The monoisotopic (exact) mass is 507 g/mol. The quantitative estimate of drug-likeness (QED) is 0.247. The number of thiophene rings is 1. The van der Waals surface area contributed by atoms with E-state index in [9.17, 15) is 18.4 Å². The molecule has 33 heavy (non-hydrogen) atoms. The number of benzene rings is 1. The highest BCUT2D eigenvalue weighted by molar-refractivity contribution is 7.17. The Bertz CT molecular complexity index is 1240. The van der Waals surface area contributed by atoms with E-state index in [0.717, 1.165) is 16.0 Å². The van der Waals surface area contributed by atoms with Crippen LogP contribution >= 0.6 is 32.2 Å². The minimum Gasteiger partial charge on any atom is -0.333 e. The van der Waals surface area contributed by atoms with Gasteiger partial charge in [0.25, 0.3) is 0 Å². The molecule has 2 unspecified atom stereocenters. The van der Waals surface area contributed by atoms with Gasteiger partial charge in [-0.15, -0.1) is 11.3 Å². The highest BCUT2D eigenvalue weighted by Gasteiger charge is 2.36. The number of hydrogen-bond donors (Lipinski definition) is 0. The van der Waals surface area contributed by atoms with E-state index in [1.165, 1.54) is 37.5 Å². The van der Waals surface area contributed by atoms with Crippen LogP contribution in [0.4, 0.5) is 8.78 Å². The van der Waals surface area contributed by atoms with Crippen molar-refractivity contribution in [2.24, 2.45) is 0 Å². The first-order chi connectivity index (χ1) is 15.6. The Kier molecular flexibility index (Phi) is 6.54. The summed E-state index contributed by atoms with van der Waals surface area (Å²) in [5, 5.41) is 4.04. The van der Waals surface area contributed by atoms with E-state index in [0.29, 0.717) is 29.3 Å². The third-order valence-electron chi connectivity index (χ3n) is 5.70. The summed E-state index contributed by atoms with van der Waals surface area (Å²) >= 11 is 7.71. The smallest absolute Gasteiger partial charge is 0.302 e. The van der Waals surface area contributed by atoms with Crippen LogP contribution in [0.25, 0.3) is 11.1 Å². The molecule has 0 radical (unpaired) electrons. The van der Waals surface area contributed by atoms with Gasteiger partial charge in [0.05, 0.1) is 10.9 Å². The summed E-state index contributed by atoms with van der Waals surface area (Å²) in [4.78, 5) is 26.3. The minimum absolute atomic E-state index is 0.211. The molecular formula is C23H21ClF2N3O2PS. The number of aromatic nitrogens is 2. The van der Waals surface area contributed by atoms with Gasteiger partial charge < -0.3 is 9.69 Å². The van der Waals surface area contributed by atoms with E-state index >= 15 is 0 Å². The molecule has 0 bridgehead atoms. The second-order valence-corrected chi connectivity index (χ2v) is 10.4. The van der Waals surface area contributed by atoms with Crippen LogP contribution < -0.4 is 0 Å². The molecule has 0 aliphatic carbocycles. The van der Waals surface area contributed by atoms with E-state index in [1.807, 2.05) is 18.2 Å². The maximum Gasteiger partial charge on any atom is 0.302 e. The summed E-state index contributed by atoms with van der Waals surface area (Å²) < 4.78 is 30.9. The molecule has 10 heteroatoms. The zero-order chi connectivity index (χ0) is 23.9. The molecule has 3 heterocycles. The van der Waals surface area contributed by atoms with Crippen molar-refractivity contribution in [3.05, 3.63) is 75.2 Å². The van der Waals surface area contributed by atoms with Gasteiger partial charge in [-0.2, -0.15) is 13.9 Å². The number of amides is 1. The maximum absolute atomic E-state index is 14.5. The molecule has 2 aromatic heterocycles. The van der Waals surface area contributed by atoms with E-state index in [-0.39, 0.29) is 17.4 Å². The van der Waals surface area contributed by atoms with Crippen molar-refractivity contribution in [2.45, 2.75) is 31.1 Å². The van der Waals surface area contributed by atoms with Crippen LogP contribution in [0.5, 0.6) is 0 Å². The van der Waals surface area contributed by atoms with Crippen molar-refractivity contribution in [3.8, 4) is 11.1 Å². The number of halogens is 3. The fourth-order valence-electron chi connectivity index (χ4n) is 4.10. The predicted octanol–water partition coefficient (Wildman–Crippen LogP) is 5.61. The first-order valence-corrected chi connectivity index (χ1v) is 11.9. The number of alkyl halides is 2. The lowest BCUT2D eigenvalue weighted by Gasteiger charge is -2.33. The van der Waals surface area contributed by atoms with Crippen molar-refractivity contribution < 1.29 is 18.4 Å². The second-order valence-electron chi connectivity index (χ2n) is 7.86. The normalized spacial score (nSPS) is 16.9. The molecule has 4 rings (SSSR count). The van der Waals surface area contributed by atoms with Crippen LogP contribution in [-0.4, -0.2) is 33.4 Å². The molecule has 3 atom stereocenters. The molecule has 5 nitrogen and oxygen atoms in total. The fourth-order valence-corrected chi connectivity index (χ4v) is 5.67. The summed E-state index contributed by atoms with van der Waals surface area (Å²) in [7, 11) is 1.52. The summed E-state index contributed by atoms with van der Waals surface area (Å²) in [6.07, 6.45) is 3.39. The number of rotatable bonds is 6. The minimum atomic E-state index is -3.30. The summed E-state index contributed by atoms with van der Waals surface area (Å²) in [6, 6.07) is 8.39. The van der Waals surface area contributed by atoms with E-state index in [4.69, 9.17) is 11.6 Å². The predicted molar refractivity (Wildman–Crippen MR) is 129 cm³/mol. The van der Waals surface area contributed by atoms with Crippen molar-refractivity contribution in [2.75, 3.05) is 6.54 Å². The SMILES string of the molecule is C=CC(=O)N1Cc2sc(Cl)cc2[C@H](c2ccccc2-c2cn(C(C)C=O)nc2C(F)(F)P)C1. The van der Waals surface area contributed by atoms with Gasteiger partial charge in [0.2, 0.25) is 5.91 Å². The Labute approximate surface area is 201 Å². The summed E-state index contributed by atoms with van der Waals surface area (Å²) in [6.45, 7) is 5.94. The molecule has 3 aromatic rings. The van der Waals surface area contributed by atoms with Crippen LogP contribution in [0.3, 0.4) is 0 Å². The van der Waals surface area contributed by atoms with Crippen LogP contribution in [0.1, 0.15) is 40.6 Å². The standard InChI is InChI=1S/C23H21ClF2N3O2PS/c1-3-21(31)28-9-17(16-8-20(24)33-19(16)11-28)14-6-4-5-7-15(14)18-10-29(13(2)12-30)27-22(18)23(25,26)32/h3-8,10,12-13,17H,1,9,11,32H2,2H3/t13?,17-/m0/s1. The zero-order valence-corrected chi connectivity index (χ0v) is 20.4. The number of hydrogen-bond acceptors (Lipinski definition) is 4. The third kappa shape index (κ3) is 4.52. The Morgan fingerprint density at radius 1 is 1.36 bits per heavy atom. The first-order valence-electron chi connectivity index (χ1n) is 10.1. The molecule has 0 N–H and O–H groups in total. The number of nitrogens with zero attached hydrogens (tertiary/aromatic N) is 3. The van der Waals surface area contributed by atoms with Gasteiger partial charge in [-0.1, -0.05) is 51.7 Å². The molecule has 0 spiro atoms. The Morgan fingerprint density at radius 3 is 2.76 bits per heavy atom. The number of aldehydes is 1. The van der Waals surface area contributed by atoms with Crippen LogP contribution in [-0.2, 0) is 21.8 Å². The fraction of sp³-hybridized carbons (Fsp3) is 0.261. The molecule has 0 saturated heterocycles. The van der Waals surface area contributed by atoms with Gasteiger partial charge in [0.1, 0.15) is 18.0 Å². The Morgan fingerprint density at radius 2 is 2.09 bits per heavy atom. The van der Waals surface area contributed by atoms with Crippen molar-refractivity contribution in [1.82, 2.24) is 14.7 Å². The van der Waals surface area contributed by atoms with E-state index < -0.39 is 17.4 Å². The molecule has 1 aliphatic rings. The number of fused-ring (bicyclic) bond motifs is 1. The largest absolute Gasteiger partial charge is 0.333 e. The molecular weight excluding hydrogens is 487 g/mol. The van der Waals surface area contributed by atoms with E-state index in [2.05, 4.69) is 11.7 Å². The van der Waals surface area contributed by atoms with Crippen molar-refractivity contribution in [1.29, 1.82) is 0 Å². The van der Waals surface area contributed by atoms with Gasteiger partial charge in [0, 0.05) is 29.1 Å². The lowest BCUT2D eigenvalue weighted by Crippen LogP contribution is -2.37. The van der Waals surface area contributed by atoms with Crippen molar-refractivity contribution >= 4 is 44.4 Å². The van der Waals surface area contributed by atoms with Crippen LogP contribution in [0.15, 0.2) is 49.2 Å². The van der Waals surface area contributed by atoms with Gasteiger partial charge in [-0.05, 0) is 35.8 Å². The average Bonchev–Trinajstić information content (AvgIpc) is 3.40. The molecule has 1 aliphatic heterocycles. The van der Waals surface area contributed by atoms with Gasteiger partial charge in [-0.3, -0.25) is 9.48 Å². The van der Waals surface area contributed by atoms with Crippen LogP contribution in [0.2, 0.25) is 4.34 Å². The molecule has 1 aromatic carbocycles. The summed E-state index contributed by atoms with van der Waals surface area (Å²) in [5.41, 5.74) is -1.21. The highest BCUT2D eigenvalue weighted by atomic mass is 35.5. The maximum atomic E-state index is 14.5. The highest BCUT2D eigenvalue weighted by Crippen LogP contribution is 2.46. The van der Waals surface area contributed by atoms with Gasteiger partial charge in [-0.25, -0.2) is 0 Å². The lowest BCUT2D eigenvalue weighted by atomic mass is 9.84. The molecule has 172 valence electrons. The average molecular weight is 508 g/mol. The Balaban J connectivity index is 1.90. The lowest BCUT2D eigenvalue weighted by molar-refractivity contribution is -0.127. The molecule has 0 fully saturated rings. The van der Waals surface area contributed by atoms with Crippen LogP contribution in [0, 0.1) is 0 Å². The third-order valence-corrected chi connectivity index (χ3v) is 7.24. The number of carbonyl (C=O) groups is 2. The molecule has 1 amide bonds. The first kappa shape index (κ1) is 23.7. The zero-order valence-electron chi connectivity index (χ0n) is 17.7.